The third-order valence-corrected chi connectivity index (χ3v) is 3.08. The Morgan fingerprint density at radius 3 is 2.62 bits per heavy atom. The number of nitrogens with two attached hydrogens (primary N) is 1. The third kappa shape index (κ3) is 2.89. The number of anilines is 1. The number of hydrogen-bond donors (Lipinski definition) is 1. The summed E-state index contributed by atoms with van der Waals surface area (Å²) in [6.45, 7) is 3.40. The van der Waals surface area contributed by atoms with Crippen LogP contribution in [0.4, 0.5) is 5.69 Å². The molecule has 1 saturated heterocycles. The first-order valence-corrected chi connectivity index (χ1v) is 5.94. The summed E-state index contributed by atoms with van der Waals surface area (Å²) in [5.41, 5.74) is 7.87. The van der Waals surface area contributed by atoms with Gasteiger partial charge in [0.25, 0.3) is 0 Å². The SMILES string of the molecule is COc1cc(N)cc(CN2CCCCC2)c1. The van der Waals surface area contributed by atoms with E-state index < -0.39 is 0 Å². The lowest BCUT2D eigenvalue weighted by Crippen LogP contribution is -2.29. The zero-order chi connectivity index (χ0) is 11.4. The molecule has 0 aromatic heterocycles. The maximum absolute atomic E-state index is 5.84. The maximum atomic E-state index is 5.84. The highest BCUT2D eigenvalue weighted by Gasteiger charge is 2.11. The van der Waals surface area contributed by atoms with E-state index in [2.05, 4.69) is 11.0 Å². The van der Waals surface area contributed by atoms with Gasteiger partial charge < -0.3 is 10.5 Å². The van der Waals surface area contributed by atoms with Crippen molar-refractivity contribution in [3.63, 3.8) is 0 Å². The van der Waals surface area contributed by atoms with Gasteiger partial charge in [-0.25, -0.2) is 0 Å². The van der Waals surface area contributed by atoms with Crippen LogP contribution in [0.15, 0.2) is 18.2 Å². The van der Waals surface area contributed by atoms with Crippen LogP contribution in [0, 0.1) is 0 Å². The molecule has 1 fully saturated rings. The molecule has 0 bridgehead atoms. The summed E-state index contributed by atoms with van der Waals surface area (Å²) in [4.78, 5) is 2.48. The number of rotatable bonds is 3. The number of methoxy groups -OCH3 is 1. The summed E-state index contributed by atoms with van der Waals surface area (Å²) >= 11 is 0. The molecule has 16 heavy (non-hydrogen) atoms. The molecule has 0 unspecified atom stereocenters. The summed E-state index contributed by atoms with van der Waals surface area (Å²) in [5, 5.41) is 0. The molecule has 1 aromatic rings. The number of hydrogen-bond acceptors (Lipinski definition) is 3. The molecule has 0 aliphatic carbocycles. The van der Waals surface area contributed by atoms with E-state index in [1.165, 1.54) is 37.9 Å². The fourth-order valence-electron chi connectivity index (χ4n) is 2.27. The van der Waals surface area contributed by atoms with Gasteiger partial charge in [-0.3, -0.25) is 4.90 Å². The number of nitrogens with zero attached hydrogens (tertiary/aromatic N) is 1. The minimum atomic E-state index is 0.784. The summed E-state index contributed by atoms with van der Waals surface area (Å²) in [6, 6.07) is 5.97. The Morgan fingerprint density at radius 2 is 1.94 bits per heavy atom. The smallest absolute Gasteiger partial charge is 0.121 e. The third-order valence-electron chi connectivity index (χ3n) is 3.08. The number of nitrogen functional groups attached to an aromatic ring is 1. The normalized spacial score (nSPS) is 17.3. The molecule has 0 atom stereocenters. The fraction of sp³-hybridized carbons (Fsp3) is 0.538. The summed E-state index contributed by atoms with van der Waals surface area (Å²) in [7, 11) is 1.68. The summed E-state index contributed by atoms with van der Waals surface area (Å²) in [5.74, 6) is 0.854. The van der Waals surface area contributed by atoms with Crippen LogP contribution >= 0.6 is 0 Å². The van der Waals surface area contributed by atoms with Gasteiger partial charge >= 0.3 is 0 Å². The Bertz CT molecular complexity index is 346. The molecule has 1 aromatic carbocycles. The van der Waals surface area contributed by atoms with Crippen molar-refractivity contribution in [2.75, 3.05) is 25.9 Å². The Labute approximate surface area is 97.2 Å². The largest absolute Gasteiger partial charge is 0.497 e. The molecule has 0 amide bonds. The zero-order valence-electron chi connectivity index (χ0n) is 9.91. The highest BCUT2D eigenvalue weighted by molar-refractivity contribution is 5.47. The first kappa shape index (κ1) is 11.3. The summed E-state index contributed by atoms with van der Waals surface area (Å²) < 4.78 is 5.23. The van der Waals surface area contributed by atoms with E-state index in [9.17, 15) is 0 Å². The molecule has 2 N–H and O–H groups in total. The van der Waals surface area contributed by atoms with E-state index in [0.717, 1.165) is 18.0 Å². The highest BCUT2D eigenvalue weighted by atomic mass is 16.5. The molecule has 1 aliphatic rings. The van der Waals surface area contributed by atoms with Crippen LogP contribution in [0.25, 0.3) is 0 Å². The second-order valence-corrected chi connectivity index (χ2v) is 4.45. The van der Waals surface area contributed by atoms with Gasteiger partial charge in [0.15, 0.2) is 0 Å². The van der Waals surface area contributed by atoms with E-state index in [-0.39, 0.29) is 0 Å². The lowest BCUT2D eigenvalue weighted by atomic mass is 10.1. The quantitative estimate of drug-likeness (QED) is 0.794. The van der Waals surface area contributed by atoms with E-state index in [1.807, 2.05) is 12.1 Å². The first-order chi connectivity index (χ1) is 7.78. The van der Waals surface area contributed by atoms with Gasteiger partial charge in [-0.2, -0.15) is 0 Å². The minimum Gasteiger partial charge on any atom is -0.497 e. The van der Waals surface area contributed by atoms with Gasteiger partial charge in [0.1, 0.15) is 5.75 Å². The molecular formula is C13H20N2O. The van der Waals surface area contributed by atoms with Crippen molar-refractivity contribution in [1.29, 1.82) is 0 Å². The molecule has 1 heterocycles. The maximum Gasteiger partial charge on any atom is 0.121 e. The molecule has 1 aliphatic heterocycles. The van der Waals surface area contributed by atoms with E-state index in [1.54, 1.807) is 7.11 Å². The van der Waals surface area contributed by atoms with Crippen LogP contribution < -0.4 is 10.5 Å². The monoisotopic (exact) mass is 220 g/mol. The molecular weight excluding hydrogens is 200 g/mol. The lowest BCUT2D eigenvalue weighted by molar-refractivity contribution is 0.220. The lowest BCUT2D eigenvalue weighted by Gasteiger charge is -2.26. The Balaban J connectivity index is 2.04. The van der Waals surface area contributed by atoms with Gasteiger partial charge in [0.2, 0.25) is 0 Å². The molecule has 88 valence electrons. The average molecular weight is 220 g/mol. The van der Waals surface area contributed by atoms with Crippen molar-refractivity contribution in [3.8, 4) is 5.75 Å². The number of benzene rings is 1. The minimum absolute atomic E-state index is 0.784. The second-order valence-electron chi connectivity index (χ2n) is 4.45. The standard InChI is InChI=1S/C13H20N2O/c1-16-13-8-11(7-12(14)9-13)10-15-5-3-2-4-6-15/h7-9H,2-6,10,14H2,1H3. The molecule has 3 heteroatoms. The molecule has 0 saturated carbocycles. The van der Waals surface area contributed by atoms with Crippen molar-refractivity contribution < 1.29 is 4.74 Å². The molecule has 2 rings (SSSR count). The first-order valence-electron chi connectivity index (χ1n) is 5.94. The summed E-state index contributed by atoms with van der Waals surface area (Å²) in [6.07, 6.45) is 4.01. The van der Waals surface area contributed by atoms with Gasteiger partial charge in [-0.1, -0.05) is 6.42 Å². The van der Waals surface area contributed by atoms with E-state index in [4.69, 9.17) is 10.5 Å². The number of piperidine rings is 1. The Morgan fingerprint density at radius 1 is 1.19 bits per heavy atom. The van der Waals surface area contributed by atoms with Crippen molar-refractivity contribution >= 4 is 5.69 Å². The van der Waals surface area contributed by atoms with Gasteiger partial charge in [-0.15, -0.1) is 0 Å². The molecule has 3 nitrogen and oxygen atoms in total. The van der Waals surface area contributed by atoms with Crippen LogP contribution in [0.1, 0.15) is 24.8 Å². The van der Waals surface area contributed by atoms with Crippen LogP contribution in [-0.4, -0.2) is 25.1 Å². The predicted octanol–water partition coefficient (Wildman–Crippen LogP) is 2.26. The molecule has 0 radical (unpaired) electrons. The van der Waals surface area contributed by atoms with Crippen molar-refractivity contribution in [2.45, 2.75) is 25.8 Å². The number of ether oxygens (including phenoxy) is 1. The molecule has 0 spiro atoms. The van der Waals surface area contributed by atoms with Gasteiger partial charge in [0.05, 0.1) is 7.11 Å². The second kappa shape index (κ2) is 5.21. The van der Waals surface area contributed by atoms with Crippen LogP contribution in [0.2, 0.25) is 0 Å². The fourth-order valence-corrected chi connectivity index (χ4v) is 2.27. The van der Waals surface area contributed by atoms with Crippen molar-refractivity contribution in [3.05, 3.63) is 23.8 Å². The Kier molecular flexibility index (Phi) is 3.67. The van der Waals surface area contributed by atoms with Crippen LogP contribution in [0.5, 0.6) is 5.75 Å². The van der Waals surface area contributed by atoms with Gasteiger partial charge in [-0.05, 0) is 43.6 Å². The highest BCUT2D eigenvalue weighted by Crippen LogP contribution is 2.21. The van der Waals surface area contributed by atoms with Gasteiger partial charge in [0, 0.05) is 18.3 Å². The van der Waals surface area contributed by atoms with Crippen LogP contribution in [0.3, 0.4) is 0 Å². The van der Waals surface area contributed by atoms with Crippen LogP contribution in [-0.2, 0) is 6.54 Å². The topological polar surface area (TPSA) is 38.5 Å². The van der Waals surface area contributed by atoms with E-state index >= 15 is 0 Å². The zero-order valence-corrected chi connectivity index (χ0v) is 9.91. The predicted molar refractivity (Wildman–Crippen MR) is 66.5 cm³/mol. The Hall–Kier alpha value is -1.22. The number of likely N-dealkylation sites (tertiary alicyclic amines) is 1. The van der Waals surface area contributed by atoms with Crippen molar-refractivity contribution in [2.24, 2.45) is 0 Å². The van der Waals surface area contributed by atoms with Crippen molar-refractivity contribution in [1.82, 2.24) is 4.90 Å². The van der Waals surface area contributed by atoms with E-state index in [0.29, 0.717) is 0 Å². The average Bonchev–Trinajstić information content (AvgIpc) is 2.29.